The lowest BCUT2D eigenvalue weighted by molar-refractivity contribution is -0.114. The molecule has 0 aliphatic carbocycles. The van der Waals surface area contributed by atoms with Crippen molar-refractivity contribution in [3.8, 4) is 0 Å². The molecular weight excluding hydrogens is 362 g/mol. The quantitative estimate of drug-likeness (QED) is 0.876. The van der Waals surface area contributed by atoms with Crippen LogP contribution in [0.25, 0.3) is 0 Å². The van der Waals surface area contributed by atoms with E-state index in [1.807, 2.05) is 6.92 Å². The third-order valence-corrected chi connectivity index (χ3v) is 6.65. The van der Waals surface area contributed by atoms with Gasteiger partial charge < -0.3 is 10.2 Å². The van der Waals surface area contributed by atoms with E-state index < -0.39 is 10.0 Å². The van der Waals surface area contributed by atoms with E-state index in [9.17, 15) is 13.2 Å². The number of hydrogen-bond acceptors (Lipinski definition) is 4. The number of sulfonamides is 1. The van der Waals surface area contributed by atoms with Crippen molar-refractivity contribution in [3.05, 3.63) is 54.1 Å². The molecular formula is C20H25N3O3S. The van der Waals surface area contributed by atoms with Crippen LogP contribution in [0.3, 0.4) is 0 Å². The first-order valence-corrected chi connectivity index (χ1v) is 10.4. The van der Waals surface area contributed by atoms with Crippen molar-refractivity contribution >= 4 is 27.3 Å². The Hall–Kier alpha value is -2.38. The fraction of sp³-hybridized carbons (Fsp3) is 0.350. The molecule has 1 amide bonds. The lowest BCUT2D eigenvalue weighted by atomic mass is 10.1. The van der Waals surface area contributed by atoms with Gasteiger partial charge in [-0.2, -0.15) is 4.31 Å². The molecule has 0 bridgehead atoms. The molecule has 0 radical (unpaired) electrons. The number of carbonyl (C=O) groups excluding carboxylic acids is 1. The van der Waals surface area contributed by atoms with Gasteiger partial charge in [-0.05, 0) is 50.2 Å². The molecule has 0 aromatic heterocycles. The summed E-state index contributed by atoms with van der Waals surface area (Å²) < 4.78 is 27.5. The van der Waals surface area contributed by atoms with Crippen LogP contribution in [0.5, 0.6) is 0 Å². The highest BCUT2D eigenvalue weighted by Crippen LogP contribution is 2.25. The van der Waals surface area contributed by atoms with Gasteiger partial charge in [-0.3, -0.25) is 4.79 Å². The molecule has 1 fully saturated rings. The Kier molecular flexibility index (Phi) is 5.53. The predicted molar refractivity (Wildman–Crippen MR) is 107 cm³/mol. The van der Waals surface area contributed by atoms with Gasteiger partial charge in [-0.15, -0.1) is 0 Å². The van der Waals surface area contributed by atoms with Crippen LogP contribution >= 0.6 is 0 Å². The number of anilines is 2. The maximum Gasteiger partial charge on any atom is 0.243 e. The van der Waals surface area contributed by atoms with Crippen LogP contribution in [0, 0.1) is 6.92 Å². The second kappa shape index (κ2) is 7.70. The van der Waals surface area contributed by atoms with E-state index in [0.717, 1.165) is 5.69 Å². The van der Waals surface area contributed by atoms with Crippen molar-refractivity contribution in [2.24, 2.45) is 0 Å². The molecule has 6 nitrogen and oxygen atoms in total. The normalized spacial score (nSPS) is 18.3. The highest BCUT2D eigenvalue weighted by atomic mass is 32.2. The van der Waals surface area contributed by atoms with E-state index >= 15 is 0 Å². The second-order valence-corrected chi connectivity index (χ2v) is 8.88. The van der Waals surface area contributed by atoms with E-state index in [-0.39, 0.29) is 16.8 Å². The first-order chi connectivity index (χ1) is 12.8. The molecule has 1 saturated heterocycles. The van der Waals surface area contributed by atoms with E-state index in [0.29, 0.717) is 25.3 Å². The molecule has 1 aliphatic heterocycles. The van der Waals surface area contributed by atoms with Gasteiger partial charge in [0.05, 0.1) is 4.90 Å². The topological polar surface area (TPSA) is 69.7 Å². The van der Waals surface area contributed by atoms with Gasteiger partial charge in [0.15, 0.2) is 0 Å². The van der Waals surface area contributed by atoms with E-state index in [2.05, 4.69) is 41.4 Å². The van der Waals surface area contributed by atoms with Gasteiger partial charge in [0.25, 0.3) is 0 Å². The molecule has 1 atom stereocenters. The fourth-order valence-corrected chi connectivity index (χ4v) is 4.84. The van der Waals surface area contributed by atoms with Gasteiger partial charge in [-0.25, -0.2) is 8.42 Å². The third kappa shape index (κ3) is 4.31. The van der Waals surface area contributed by atoms with Crippen LogP contribution in [0.4, 0.5) is 11.4 Å². The third-order valence-electron chi connectivity index (χ3n) is 4.77. The minimum Gasteiger partial charge on any atom is -0.366 e. The van der Waals surface area contributed by atoms with Gasteiger partial charge in [0.2, 0.25) is 15.9 Å². The maximum absolute atomic E-state index is 13.0. The molecule has 1 heterocycles. The molecule has 27 heavy (non-hydrogen) atoms. The van der Waals surface area contributed by atoms with E-state index in [1.165, 1.54) is 28.9 Å². The SMILES string of the molecule is CC(=O)Nc1ccc(S(=O)(=O)N2CCN(c3ccc(C)cc3)[C@H](C)C2)cc1. The summed E-state index contributed by atoms with van der Waals surface area (Å²) in [5.74, 6) is -0.188. The summed E-state index contributed by atoms with van der Waals surface area (Å²) in [5.41, 5.74) is 2.90. The van der Waals surface area contributed by atoms with Crippen molar-refractivity contribution < 1.29 is 13.2 Å². The summed E-state index contributed by atoms with van der Waals surface area (Å²) in [5, 5.41) is 2.64. The standard InChI is InChI=1S/C20H25N3O3S/c1-15-4-8-19(9-5-15)23-13-12-22(14-16(23)2)27(25,26)20-10-6-18(7-11-20)21-17(3)24/h4-11,16H,12-14H2,1-3H3,(H,21,24)/t16-/m1/s1. The Morgan fingerprint density at radius 3 is 2.22 bits per heavy atom. The number of nitrogens with zero attached hydrogens (tertiary/aromatic N) is 2. The number of amides is 1. The first kappa shape index (κ1) is 19.4. The number of piperazine rings is 1. The summed E-state index contributed by atoms with van der Waals surface area (Å²) in [6, 6.07) is 14.7. The predicted octanol–water partition coefficient (Wildman–Crippen LogP) is 2.85. The lowest BCUT2D eigenvalue weighted by Crippen LogP contribution is -2.53. The molecule has 0 saturated carbocycles. The number of hydrogen-bond donors (Lipinski definition) is 1. The van der Waals surface area contributed by atoms with Crippen LogP contribution in [0.15, 0.2) is 53.4 Å². The molecule has 144 valence electrons. The van der Waals surface area contributed by atoms with Gasteiger partial charge >= 0.3 is 0 Å². The van der Waals surface area contributed by atoms with Crippen molar-refractivity contribution in [1.29, 1.82) is 0 Å². The summed E-state index contributed by atoms with van der Waals surface area (Å²) in [6.07, 6.45) is 0. The number of aryl methyl sites for hydroxylation is 1. The summed E-state index contributed by atoms with van der Waals surface area (Å²) in [7, 11) is -3.56. The summed E-state index contributed by atoms with van der Waals surface area (Å²) in [4.78, 5) is 13.6. The Labute approximate surface area is 160 Å². The highest BCUT2D eigenvalue weighted by molar-refractivity contribution is 7.89. The highest BCUT2D eigenvalue weighted by Gasteiger charge is 2.32. The van der Waals surface area contributed by atoms with E-state index in [4.69, 9.17) is 0 Å². The van der Waals surface area contributed by atoms with Crippen LogP contribution in [-0.2, 0) is 14.8 Å². The Bertz CT molecular complexity index is 908. The lowest BCUT2D eigenvalue weighted by Gasteiger charge is -2.40. The average molecular weight is 388 g/mol. The summed E-state index contributed by atoms with van der Waals surface area (Å²) in [6.45, 7) is 7.03. The Balaban J connectivity index is 1.73. The molecule has 2 aromatic rings. The Morgan fingerprint density at radius 1 is 1.04 bits per heavy atom. The van der Waals surface area contributed by atoms with E-state index in [1.54, 1.807) is 12.1 Å². The van der Waals surface area contributed by atoms with Gasteiger partial charge in [0.1, 0.15) is 0 Å². The van der Waals surface area contributed by atoms with Crippen LogP contribution in [0.1, 0.15) is 19.4 Å². The second-order valence-electron chi connectivity index (χ2n) is 6.95. The minimum atomic E-state index is -3.56. The summed E-state index contributed by atoms with van der Waals surface area (Å²) >= 11 is 0. The van der Waals surface area contributed by atoms with Crippen molar-refractivity contribution in [2.75, 3.05) is 29.9 Å². The van der Waals surface area contributed by atoms with Crippen LogP contribution in [0.2, 0.25) is 0 Å². The first-order valence-electron chi connectivity index (χ1n) is 8.98. The number of rotatable bonds is 4. The molecule has 1 aliphatic rings. The van der Waals surface area contributed by atoms with Crippen molar-refractivity contribution in [2.45, 2.75) is 31.7 Å². The van der Waals surface area contributed by atoms with Crippen LogP contribution in [-0.4, -0.2) is 44.3 Å². The number of nitrogens with one attached hydrogen (secondary N) is 1. The van der Waals surface area contributed by atoms with Crippen molar-refractivity contribution in [1.82, 2.24) is 4.31 Å². The van der Waals surface area contributed by atoms with Crippen molar-refractivity contribution in [3.63, 3.8) is 0 Å². The molecule has 1 N–H and O–H groups in total. The molecule has 0 unspecified atom stereocenters. The zero-order chi connectivity index (χ0) is 19.6. The number of carbonyl (C=O) groups is 1. The zero-order valence-electron chi connectivity index (χ0n) is 15.8. The van der Waals surface area contributed by atoms with Gasteiger partial charge in [-0.1, -0.05) is 17.7 Å². The Morgan fingerprint density at radius 2 is 1.67 bits per heavy atom. The van der Waals surface area contributed by atoms with Gasteiger partial charge in [0, 0.05) is 44.0 Å². The molecule has 7 heteroatoms. The monoisotopic (exact) mass is 387 g/mol. The maximum atomic E-state index is 13.0. The molecule has 2 aromatic carbocycles. The molecule has 3 rings (SSSR count). The largest absolute Gasteiger partial charge is 0.366 e. The van der Waals surface area contributed by atoms with Crippen LogP contribution < -0.4 is 10.2 Å². The zero-order valence-corrected chi connectivity index (χ0v) is 16.7. The average Bonchev–Trinajstić information content (AvgIpc) is 2.62. The fourth-order valence-electron chi connectivity index (χ4n) is 3.32. The molecule has 0 spiro atoms. The smallest absolute Gasteiger partial charge is 0.243 e. The minimum absolute atomic E-state index is 0.0786. The number of benzene rings is 2.